The molecule has 0 bridgehead atoms. The monoisotopic (exact) mass is 228 g/mol. The van der Waals surface area contributed by atoms with Gasteiger partial charge < -0.3 is 4.57 Å². The average molecular weight is 228 g/mol. The Hall–Kier alpha value is -1.28. The predicted molar refractivity (Wildman–Crippen MR) is 72.5 cm³/mol. The minimum absolute atomic E-state index is 0.582. The first-order valence-corrected chi connectivity index (χ1v) is 6.51. The molecule has 0 saturated heterocycles. The van der Waals surface area contributed by atoms with Gasteiger partial charge in [-0.05, 0) is 24.0 Å². The van der Waals surface area contributed by atoms with Gasteiger partial charge in [-0.15, -0.1) is 0 Å². The summed E-state index contributed by atoms with van der Waals surface area (Å²) in [5.74, 6) is 0.582. The summed E-state index contributed by atoms with van der Waals surface area (Å²) in [5.41, 5.74) is 5.92. The topological polar surface area (TPSA) is 17.0 Å². The molecule has 2 aromatic rings. The molecule has 0 atom stereocenters. The molecule has 2 nitrogen and oxygen atoms in total. The lowest BCUT2D eigenvalue weighted by atomic mass is 9.99. The minimum atomic E-state index is 0.582. The molecule has 2 heteroatoms. The Kier molecular flexibility index (Phi) is 2.48. The quantitative estimate of drug-likeness (QED) is 0.793. The van der Waals surface area contributed by atoms with Crippen LogP contribution in [-0.4, -0.2) is 11.1 Å². The zero-order valence-corrected chi connectivity index (χ0v) is 10.9. The van der Waals surface area contributed by atoms with E-state index in [1.54, 1.807) is 0 Å². The van der Waals surface area contributed by atoms with Gasteiger partial charge in [-0.3, -0.25) is 5.32 Å². The smallest absolute Gasteiger partial charge is 0.0729 e. The molecular formula is C15H20N2. The van der Waals surface area contributed by atoms with Gasteiger partial charge in [0.15, 0.2) is 0 Å². The Balaban J connectivity index is 2.39. The van der Waals surface area contributed by atoms with E-state index in [0.29, 0.717) is 5.92 Å². The third kappa shape index (κ3) is 1.51. The summed E-state index contributed by atoms with van der Waals surface area (Å²) in [5, 5.41) is 4.92. The highest BCUT2D eigenvalue weighted by Crippen LogP contribution is 2.32. The molecule has 2 heterocycles. The fourth-order valence-electron chi connectivity index (χ4n) is 3.02. The van der Waals surface area contributed by atoms with Crippen LogP contribution in [0.5, 0.6) is 0 Å². The lowest BCUT2D eigenvalue weighted by Crippen LogP contribution is -2.28. The summed E-state index contributed by atoms with van der Waals surface area (Å²) in [6.07, 6.45) is 1.15. The number of aryl methyl sites for hydroxylation is 1. The molecule has 17 heavy (non-hydrogen) atoms. The van der Waals surface area contributed by atoms with E-state index in [1.807, 2.05) is 0 Å². The van der Waals surface area contributed by atoms with Crippen LogP contribution >= 0.6 is 0 Å². The number of hydrogen-bond acceptors (Lipinski definition) is 1. The molecule has 0 unspecified atom stereocenters. The van der Waals surface area contributed by atoms with E-state index >= 15 is 0 Å². The Morgan fingerprint density at radius 3 is 2.88 bits per heavy atom. The lowest BCUT2D eigenvalue weighted by molar-refractivity contribution is 0.504. The van der Waals surface area contributed by atoms with Crippen LogP contribution in [0.4, 0.5) is 0 Å². The molecule has 1 N–H and O–H groups in total. The highest BCUT2D eigenvalue weighted by atomic mass is 15.1. The van der Waals surface area contributed by atoms with Crippen LogP contribution in [-0.2, 0) is 13.1 Å². The third-order valence-electron chi connectivity index (χ3n) is 3.93. The van der Waals surface area contributed by atoms with E-state index in [4.69, 9.17) is 0 Å². The minimum Gasteiger partial charge on any atom is -0.331 e. The van der Waals surface area contributed by atoms with E-state index < -0.39 is 0 Å². The molecule has 0 aliphatic carbocycles. The molecule has 0 radical (unpaired) electrons. The predicted octanol–water partition coefficient (Wildman–Crippen LogP) is 3.18. The van der Waals surface area contributed by atoms with Gasteiger partial charge in [0.25, 0.3) is 0 Å². The molecule has 1 aromatic carbocycles. The molecule has 3 rings (SSSR count). The number of rotatable bonds is 1. The third-order valence-corrected chi connectivity index (χ3v) is 3.93. The maximum absolute atomic E-state index is 3.48. The molecule has 1 aromatic heterocycles. The zero-order valence-electron chi connectivity index (χ0n) is 10.9. The molecular weight excluding hydrogens is 208 g/mol. The standard InChI is InChI=1S/C15H20N2/c1-10(2)12-5-4-6-13-11(3)14-7-8-16-9-17(14)15(12)13/h4-6,10,16H,7-9H2,1-3H3. The van der Waals surface area contributed by atoms with E-state index in [-0.39, 0.29) is 0 Å². The van der Waals surface area contributed by atoms with Crippen molar-refractivity contribution in [3.63, 3.8) is 0 Å². The summed E-state index contributed by atoms with van der Waals surface area (Å²) in [7, 11) is 0. The SMILES string of the molecule is Cc1c2n(c3c(C(C)C)cccc13)CNCC2. The molecule has 0 fully saturated rings. The van der Waals surface area contributed by atoms with E-state index in [1.165, 1.54) is 27.7 Å². The van der Waals surface area contributed by atoms with Crippen molar-refractivity contribution >= 4 is 10.9 Å². The Labute approximate surface area is 103 Å². The van der Waals surface area contributed by atoms with Gasteiger partial charge in [-0.2, -0.15) is 0 Å². The molecule has 0 amide bonds. The fraction of sp³-hybridized carbons (Fsp3) is 0.467. The van der Waals surface area contributed by atoms with Gasteiger partial charge in [-0.25, -0.2) is 0 Å². The van der Waals surface area contributed by atoms with Gasteiger partial charge in [-0.1, -0.05) is 32.0 Å². The number of nitrogens with zero attached hydrogens (tertiary/aromatic N) is 1. The highest BCUT2D eigenvalue weighted by Gasteiger charge is 2.19. The van der Waals surface area contributed by atoms with Crippen molar-refractivity contribution in [1.29, 1.82) is 0 Å². The van der Waals surface area contributed by atoms with Crippen LogP contribution in [0.1, 0.15) is 36.6 Å². The first-order chi connectivity index (χ1) is 8.20. The van der Waals surface area contributed by atoms with Crippen molar-refractivity contribution in [3.05, 3.63) is 35.0 Å². The first kappa shape index (κ1) is 10.8. The molecule has 90 valence electrons. The molecule has 1 aliphatic heterocycles. The number of para-hydroxylation sites is 1. The van der Waals surface area contributed by atoms with Crippen molar-refractivity contribution < 1.29 is 0 Å². The van der Waals surface area contributed by atoms with Crippen LogP contribution in [0.25, 0.3) is 10.9 Å². The van der Waals surface area contributed by atoms with Gasteiger partial charge in [0.2, 0.25) is 0 Å². The van der Waals surface area contributed by atoms with E-state index in [0.717, 1.165) is 19.6 Å². The van der Waals surface area contributed by atoms with Gasteiger partial charge in [0.1, 0.15) is 0 Å². The summed E-state index contributed by atoms with van der Waals surface area (Å²) in [6, 6.07) is 6.74. The fourth-order valence-corrected chi connectivity index (χ4v) is 3.02. The van der Waals surface area contributed by atoms with Crippen LogP contribution < -0.4 is 5.32 Å². The van der Waals surface area contributed by atoms with Crippen LogP contribution in [0.3, 0.4) is 0 Å². The highest BCUT2D eigenvalue weighted by molar-refractivity contribution is 5.88. The lowest BCUT2D eigenvalue weighted by Gasteiger charge is -2.20. The number of aromatic nitrogens is 1. The normalized spacial score (nSPS) is 15.5. The maximum atomic E-state index is 3.48. The summed E-state index contributed by atoms with van der Waals surface area (Å²) >= 11 is 0. The Bertz CT molecular complexity index is 564. The average Bonchev–Trinajstić information content (AvgIpc) is 2.64. The maximum Gasteiger partial charge on any atom is 0.0729 e. The van der Waals surface area contributed by atoms with E-state index in [2.05, 4.69) is 48.9 Å². The first-order valence-electron chi connectivity index (χ1n) is 6.51. The Morgan fingerprint density at radius 1 is 1.29 bits per heavy atom. The number of fused-ring (bicyclic) bond motifs is 3. The van der Waals surface area contributed by atoms with Crippen molar-refractivity contribution in [1.82, 2.24) is 9.88 Å². The second kappa shape index (κ2) is 3.88. The summed E-state index contributed by atoms with van der Waals surface area (Å²) in [6.45, 7) is 8.89. The zero-order chi connectivity index (χ0) is 12.0. The molecule has 1 aliphatic rings. The van der Waals surface area contributed by atoms with Crippen molar-refractivity contribution in [2.24, 2.45) is 0 Å². The van der Waals surface area contributed by atoms with Crippen molar-refractivity contribution in [2.75, 3.05) is 6.54 Å². The van der Waals surface area contributed by atoms with Crippen LogP contribution in [0.15, 0.2) is 18.2 Å². The molecule has 0 spiro atoms. The number of nitrogens with one attached hydrogen (secondary N) is 1. The number of benzene rings is 1. The molecule has 0 saturated carbocycles. The summed E-state index contributed by atoms with van der Waals surface area (Å²) < 4.78 is 2.48. The number of hydrogen-bond donors (Lipinski definition) is 1. The van der Waals surface area contributed by atoms with Gasteiger partial charge in [0.05, 0.1) is 12.2 Å². The largest absolute Gasteiger partial charge is 0.331 e. The van der Waals surface area contributed by atoms with Crippen molar-refractivity contribution in [3.8, 4) is 0 Å². The van der Waals surface area contributed by atoms with Crippen LogP contribution in [0.2, 0.25) is 0 Å². The van der Waals surface area contributed by atoms with Crippen molar-refractivity contribution in [2.45, 2.75) is 39.8 Å². The van der Waals surface area contributed by atoms with Gasteiger partial charge >= 0.3 is 0 Å². The van der Waals surface area contributed by atoms with Crippen LogP contribution in [0, 0.1) is 6.92 Å². The Morgan fingerprint density at radius 2 is 2.12 bits per heavy atom. The second-order valence-electron chi connectivity index (χ2n) is 5.31. The summed E-state index contributed by atoms with van der Waals surface area (Å²) in [4.78, 5) is 0. The van der Waals surface area contributed by atoms with Gasteiger partial charge in [0, 0.05) is 24.0 Å². The second-order valence-corrected chi connectivity index (χ2v) is 5.31. The van der Waals surface area contributed by atoms with E-state index in [9.17, 15) is 0 Å².